The Morgan fingerprint density at radius 2 is 1.93 bits per heavy atom. The predicted molar refractivity (Wildman–Crippen MR) is 111 cm³/mol. The molecule has 0 aliphatic carbocycles. The first-order chi connectivity index (χ1) is 13.0. The van der Waals surface area contributed by atoms with Crippen LogP contribution in [0.25, 0.3) is 5.69 Å². The van der Waals surface area contributed by atoms with E-state index in [1.807, 2.05) is 31.2 Å². The van der Waals surface area contributed by atoms with E-state index >= 15 is 0 Å². The van der Waals surface area contributed by atoms with Crippen molar-refractivity contribution >= 4 is 41.0 Å². The number of rotatable bonds is 5. The monoisotopic (exact) mass is 401 g/mol. The number of nitrogens with two attached hydrogens (primary N) is 1. The minimum atomic E-state index is -0.359. The Balaban J connectivity index is 1.99. The Kier molecular flexibility index (Phi) is 5.48. The minimum Gasteiger partial charge on any atom is -0.497 e. The molecule has 1 amide bonds. The highest BCUT2D eigenvalue weighted by Crippen LogP contribution is 2.32. The molecule has 2 aromatic carbocycles. The topological polar surface area (TPSA) is 78.5 Å². The third kappa shape index (κ3) is 3.67. The van der Waals surface area contributed by atoms with E-state index < -0.39 is 0 Å². The number of ether oxygens (including phenoxy) is 2. The number of aromatic nitrogens is 1. The molecular weight excluding hydrogens is 382 g/mol. The molecule has 1 aromatic heterocycles. The maximum Gasteiger partial charge on any atom is 0.269 e. The van der Waals surface area contributed by atoms with Crippen LogP contribution in [-0.4, -0.2) is 24.7 Å². The number of anilines is 2. The predicted octanol–water partition coefficient (Wildman–Crippen LogP) is 4.43. The fourth-order valence-electron chi connectivity index (χ4n) is 2.68. The molecule has 27 heavy (non-hydrogen) atoms. The van der Waals surface area contributed by atoms with Gasteiger partial charge in [-0.3, -0.25) is 9.36 Å². The van der Waals surface area contributed by atoms with Crippen LogP contribution in [0.1, 0.15) is 15.2 Å². The number of methoxy groups -OCH3 is 2. The SMILES string of the molecule is COc1ccc(OC)c(NC(=O)c2sc(=S)n(-c3ccccc3C)c2N)c1. The first-order valence-corrected chi connectivity index (χ1v) is 9.29. The van der Waals surface area contributed by atoms with Crippen LogP contribution in [0.5, 0.6) is 11.5 Å². The van der Waals surface area contributed by atoms with Crippen LogP contribution >= 0.6 is 23.6 Å². The molecule has 3 N–H and O–H groups in total. The van der Waals surface area contributed by atoms with Crippen molar-refractivity contribution in [2.45, 2.75) is 6.92 Å². The summed E-state index contributed by atoms with van der Waals surface area (Å²) in [6.45, 7) is 1.97. The van der Waals surface area contributed by atoms with E-state index in [2.05, 4.69) is 5.32 Å². The Labute approximate surface area is 166 Å². The average Bonchev–Trinajstić information content (AvgIpc) is 2.96. The number of carbonyl (C=O) groups excluding carboxylic acids is 1. The zero-order chi connectivity index (χ0) is 19.6. The molecule has 0 fully saturated rings. The zero-order valence-electron chi connectivity index (χ0n) is 15.1. The smallest absolute Gasteiger partial charge is 0.269 e. The third-order valence-electron chi connectivity index (χ3n) is 4.06. The Morgan fingerprint density at radius 1 is 1.19 bits per heavy atom. The second-order valence-corrected chi connectivity index (χ2v) is 7.37. The fraction of sp³-hybridized carbons (Fsp3) is 0.158. The van der Waals surface area contributed by atoms with Gasteiger partial charge in [0.25, 0.3) is 5.91 Å². The van der Waals surface area contributed by atoms with Gasteiger partial charge in [-0.1, -0.05) is 29.5 Å². The van der Waals surface area contributed by atoms with E-state index in [1.54, 1.807) is 29.9 Å². The first-order valence-electron chi connectivity index (χ1n) is 8.07. The molecule has 0 atom stereocenters. The Morgan fingerprint density at radius 3 is 2.59 bits per heavy atom. The van der Waals surface area contributed by atoms with Gasteiger partial charge in [0, 0.05) is 6.07 Å². The second-order valence-electron chi connectivity index (χ2n) is 5.72. The van der Waals surface area contributed by atoms with Crippen LogP contribution < -0.4 is 20.5 Å². The van der Waals surface area contributed by atoms with Gasteiger partial charge in [0.05, 0.1) is 25.6 Å². The van der Waals surface area contributed by atoms with Crippen LogP contribution in [-0.2, 0) is 0 Å². The van der Waals surface area contributed by atoms with Crippen molar-refractivity contribution in [3.63, 3.8) is 0 Å². The molecule has 0 saturated heterocycles. The van der Waals surface area contributed by atoms with Gasteiger partial charge in [-0.25, -0.2) is 0 Å². The van der Waals surface area contributed by atoms with Gasteiger partial charge in [0.15, 0.2) is 3.95 Å². The molecule has 0 aliphatic rings. The standard InChI is InChI=1S/C19H19N3O3S2/c1-11-6-4-5-7-14(11)22-17(20)16(27-19(22)26)18(23)21-13-10-12(24-2)8-9-15(13)25-3/h4-10H,20H2,1-3H3,(H,21,23). The first kappa shape index (κ1) is 18.9. The van der Waals surface area contributed by atoms with Crippen molar-refractivity contribution in [1.29, 1.82) is 0 Å². The summed E-state index contributed by atoms with van der Waals surface area (Å²) in [5.74, 6) is 1.06. The zero-order valence-corrected chi connectivity index (χ0v) is 16.7. The van der Waals surface area contributed by atoms with Gasteiger partial charge < -0.3 is 20.5 Å². The van der Waals surface area contributed by atoms with Crippen LogP contribution in [0, 0.1) is 10.9 Å². The highest BCUT2D eigenvalue weighted by Gasteiger charge is 2.20. The molecule has 0 aliphatic heterocycles. The summed E-state index contributed by atoms with van der Waals surface area (Å²) in [7, 11) is 3.09. The van der Waals surface area contributed by atoms with Crippen LogP contribution in [0.4, 0.5) is 11.5 Å². The highest BCUT2D eigenvalue weighted by molar-refractivity contribution is 7.73. The van der Waals surface area contributed by atoms with Crippen LogP contribution in [0.3, 0.4) is 0 Å². The molecule has 6 nitrogen and oxygen atoms in total. The van der Waals surface area contributed by atoms with E-state index in [0.29, 0.717) is 31.8 Å². The van der Waals surface area contributed by atoms with Crippen LogP contribution in [0.15, 0.2) is 42.5 Å². The van der Waals surface area contributed by atoms with Crippen molar-refractivity contribution in [3.05, 3.63) is 56.9 Å². The molecule has 0 radical (unpaired) electrons. The van der Waals surface area contributed by atoms with E-state index in [-0.39, 0.29) is 5.91 Å². The van der Waals surface area contributed by atoms with Gasteiger partial charge in [-0.15, -0.1) is 0 Å². The van der Waals surface area contributed by atoms with Gasteiger partial charge in [-0.2, -0.15) is 0 Å². The van der Waals surface area contributed by atoms with E-state index in [9.17, 15) is 4.79 Å². The maximum absolute atomic E-state index is 12.8. The number of carbonyl (C=O) groups is 1. The normalized spacial score (nSPS) is 10.5. The summed E-state index contributed by atoms with van der Waals surface area (Å²) in [6.07, 6.45) is 0. The number of amides is 1. The van der Waals surface area contributed by atoms with Gasteiger partial charge in [-0.05, 0) is 42.9 Å². The molecule has 0 bridgehead atoms. The van der Waals surface area contributed by atoms with Crippen molar-refractivity contribution in [2.75, 3.05) is 25.3 Å². The van der Waals surface area contributed by atoms with Gasteiger partial charge >= 0.3 is 0 Å². The summed E-state index contributed by atoms with van der Waals surface area (Å²) < 4.78 is 12.7. The summed E-state index contributed by atoms with van der Waals surface area (Å²) in [4.78, 5) is 13.2. The van der Waals surface area contributed by atoms with Crippen molar-refractivity contribution < 1.29 is 14.3 Å². The van der Waals surface area contributed by atoms with Crippen molar-refractivity contribution in [3.8, 4) is 17.2 Å². The van der Waals surface area contributed by atoms with Crippen LogP contribution in [0.2, 0.25) is 0 Å². The van der Waals surface area contributed by atoms with Gasteiger partial charge in [0.1, 0.15) is 22.2 Å². The number of benzene rings is 2. The number of nitrogen functional groups attached to an aromatic ring is 1. The molecule has 0 saturated carbocycles. The summed E-state index contributed by atoms with van der Waals surface area (Å²) >= 11 is 6.61. The molecule has 140 valence electrons. The summed E-state index contributed by atoms with van der Waals surface area (Å²) in [5.41, 5.74) is 8.63. The number of hydrogen-bond donors (Lipinski definition) is 2. The fourth-order valence-corrected chi connectivity index (χ4v) is 3.93. The minimum absolute atomic E-state index is 0.304. The van der Waals surface area contributed by atoms with E-state index in [0.717, 1.165) is 22.6 Å². The molecule has 0 spiro atoms. The van der Waals surface area contributed by atoms with Gasteiger partial charge in [0.2, 0.25) is 0 Å². The number of aryl methyl sites for hydroxylation is 1. The molecule has 8 heteroatoms. The van der Waals surface area contributed by atoms with E-state index in [1.165, 1.54) is 7.11 Å². The lowest BCUT2D eigenvalue weighted by Gasteiger charge is -2.12. The lowest BCUT2D eigenvalue weighted by Crippen LogP contribution is -2.14. The average molecular weight is 402 g/mol. The lowest BCUT2D eigenvalue weighted by molar-refractivity contribution is 0.103. The molecule has 1 heterocycles. The quantitative estimate of drug-likeness (QED) is 0.619. The maximum atomic E-state index is 12.8. The largest absolute Gasteiger partial charge is 0.497 e. The number of nitrogens with zero attached hydrogens (tertiary/aromatic N) is 1. The van der Waals surface area contributed by atoms with Crippen molar-refractivity contribution in [1.82, 2.24) is 4.57 Å². The number of thiazole rings is 1. The van der Waals surface area contributed by atoms with E-state index in [4.69, 9.17) is 27.4 Å². The molecule has 3 rings (SSSR count). The summed E-state index contributed by atoms with van der Waals surface area (Å²) in [6, 6.07) is 12.9. The summed E-state index contributed by atoms with van der Waals surface area (Å²) in [5, 5.41) is 2.83. The second kappa shape index (κ2) is 7.81. The molecule has 3 aromatic rings. The Hall–Kier alpha value is -2.84. The number of nitrogens with one attached hydrogen (secondary N) is 1. The lowest BCUT2D eigenvalue weighted by atomic mass is 10.2. The molecular formula is C19H19N3O3S2. The third-order valence-corrected chi connectivity index (χ3v) is 5.45. The van der Waals surface area contributed by atoms with Crippen molar-refractivity contribution in [2.24, 2.45) is 0 Å². The number of para-hydroxylation sites is 1. The Bertz CT molecular complexity index is 1060. The number of hydrogen-bond acceptors (Lipinski definition) is 6. The molecule has 0 unspecified atom stereocenters. The highest BCUT2D eigenvalue weighted by atomic mass is 32.1.